The van der Waals surface area contributed by atoms with Gasteiger partial charge in [0.25, 0.3) is 0 Å². The minimum atomic E-state index is -1.18. The fourth-order valence-corrected chi connectivity index (χ4v) is 14.1. The molecule has 0 saturated heterocycles. The first-order chi connectivity index (χ1) is 26.5. The van der Waals surface area contributed by atoms with Crippen LogP contribution in [0.1, 0.15) is 146 Å². The zero-order valence-electron chi connectivity index (χ0n) is 36.7. The number of hydrogen-bond acceptors (Lipinski definition) is 7. The van der Waals surface area contributed by atoms with Crippen LogP contribution in [0, 0.1) is 56.2 Å². The van der Waals surface area contributed by atoms with Gasteiger partial charge in [0.2, 0.25) is 0 Å². The minimum Gasteiger partial charge on any atom is -0.481 e. The van der Waals surface area contributed by atoms with Crippen molar-refractivity contribution in [2.75, 3.05) is 13.1 Å². The topological polar surface area (TPSA) is 110 Å². The van der Waals surface area contributed by atoms with Gasteiger partial charge in [-0.2, -0.15) is 0 Å². The minimum absolute atomic E-state index is 0.0120. The normalized spacial score (nSPS) is 35.2. The number of Topliss-reactive ketones (excluding diaryl/α,β-unsaturated/α-hetero) is 1. The summed E-state index contributed by atoms with van der Waals surface area (Å²) in [5.74, 6) is -0.424. The van der Waals surface area contributed by atoms with Gasteiger partial charge in [-0.1, -0.05) is 79.1 Å². The van der Waals surface area contributed by atoms with E-state index in [1.165, 1.54) is 12.5 Å². The molecule has 0 spiro atoms. The molecule has 0 unspecified atom stereocenters. The molecular weight excluding hydrogens is 738 g/mol. The van der Waals surface area contributed by atoms with Crippen LogP contribution >= 0.6 is 11.6 Å². The molecule has 1 N–H and O–H groups in total. The highest BCUT2D eigenvalue weighted by molar-refractivity contribution is 6.30. The molecule has 9 heteroatoms. The smallest absolute Gasteiger partial charge is 0.309 e. The number of carbonyl (C=O) groups excluding carboxylic acids is 3. The Morgan fingerprint density at radius 1 is 0.965 bits per heavy atom. The van der Waals surface area contributed by atoms with Gasteiger partial charge >= 0.3 is 17.9 Å². The lowest BCUT2D eigenvalue weighted by Crippen LogP contribution is -2.66. The number of benzene rings is 1. The number of hydrogen-bond donors (Lipinski definition) is 1. The average molecular weight is 809 g/mol. The van der Waals surface area contributed by atoms with Gasteiger partial charge < -0.3 is 14.6 Å². The second-order valence-electron chi connectivity index (χ2n) is 21.1. The lowest BCUT2D eigenvalue weighted by Gasteiger charge is -2.72. The predicted octanol–water partition coefficient (Wildman–Crippen LogP) is 10.5. The fraction of sp³-hybridized carbons (Fsp3) is 0.750. The van der Waals surface area contributed by atoms with Crippen LogP contribution < -0.4 is 0 Å². The molecule has 1 aromatic rings. The molecule has 316 valence electrons. The molecule has 0 bridgehead atoms. The summed E-state index contributed by atoms with van der Waals surface area (Å²) in [6.45, 7) is 25.3. The third-order valence-corrected chi connectivity index (χ3v) is 17.2. The van der Waals surface area contributed by atoms with Crippen molar-refractivity contribution in [2.45, 2.75) is 159 Å². The zero-order valence-corrected chi connectivity index (χ0v) is 37.4. The quantitative estimate of drug-likeness (QED) is 0.208. The van der Waals surface area contributed by atoms with Crippen molar-refractivity contribution in [3.63, 3.8) is 0 Å². The zero-order chi connectivity index (χ0) is 42.1. The van der Waals surface area contributed by atoms with Crippen molar-refractivity contribution in [2.24, 2.45) is 56.2 Å². The maximum absolute atomic E-state index is 14.4. The van der Waals surface area contributed by atoms with Gasteiger partial charge in [0.05, 0.1) is 11.8 Å². The van der Waals surface area contributed by atoms with Gasteiger partial charge in [-0.3, -0.25) is 24.1 Å². The van der Waals surface area contributed by atoms with E-state index in [4.69, 9.17) is 21.1 Å². The van der Waals surface area contributed by atoms with Crippen LogP contribution in [0.25, 0.3) is 0 Å². The summed E-state index contributed by atoms with van der Waals surface area (Å²) in [5.41, 5.74) is 1.38. The molecule has 4 fully saturated rings. The maximum atomic E-state index is 14.4. The van der Waals surface area contributed by atoms with Crippen LogP contribution in [0.15, 0.2) is 35.4 Å². The molecule has 0 heterocycles. The van der Waals surface area contributed by atoms with Crippen molar-refractivity contribution in [3.05, 3.63) is 46.0 Å². The molecule has 4 saturated carbocycles. The number of likely N-dealkylation sites (N-methyl/N-ethyl adjacent to an activating group) is 1. The van der Waals surface area contributed by atoms with E-state index in [1.54, 1.807) is 13.8 Å². The van der Waals surface area contributed by atoms with Gasteiger partial charge in [0.1, 0.15) is 12.2 Å². The van der Waals surface area contributed by atoms with E-state index in [9.17, 15) is 24.3 Å². The first-order valence-electron chi connectivity index (χ1n) is 21.8. The molecule has 6 rings (SSSR count). The number of carboxylic acid groups (broad SMARTS) is 1. The first-order valence-corrected chi connectivity index (χ1v) is 22.2. The number of allylic oxidation sites excluding steroid dienone is 1. The largest absolute Gasteiger partial charge is 0.481 e. The van der Waals surface area contributed by atoms with Crippen molar-refractivity contribution < 1.29 is 33.8 Å². The summed E-state index contributed by atoms with van der Waals surface area (Å²) in [4.78, 5) is 54.8. The Labute approximate surface area is 347 Å². The van der Waals surface area contributed by atoms with Crippen molar-refractivity contribution in [1.82, 2.24) is 4.90 Å². The number of rotatable bonds is 12. The summed E-state index contributed by atoms with van der Waals surface area (Å²) in [6.07, 6.45) is 7.17. The highest BCUT2D eigenvalue weighted by Gasteiger charge is 2.71. The molecule has 0 aromatic heterocycles. The number of halogens is 1. The Balaban J connectivity index is 1.32. The number of esters is 2. The van der Waals surface area contributed by atoms with E-state index in [-0.39, 0.29) is 57.8 Å². The number of nitrogens with zero attached hydrogens (tertiary/aromatic N) is 1. The molecule has 5 aliphatic rings. The molecule has 9 atom stereocenters. The Kier molecular flexibility index (Phi) is 11.8. The summed E-state index contributed by atoms with van der Waals surface area (Å²) >= 11 is 6.39. The molecule has 5 aliphatic carbocycles. The van der Waals surface area contributed by atoms with Gasteiger partial charge in [-0.05, 0) is 141 Å². The Morgan fingerprint density at radius 3 is 2.28 bits per heavy atom. The van der Waals surface area contributed by atoms with Crippen molar-refractivity contribution in [3.8, 4) is 0 Å². The summed E-state index contributed by atoms with van der Waals surface area (Å²) in [6, 6.07) is 7.93. The second-order valence-corrected chi connectivity index (χ2v) is 21.5. The van der Waals surface area contributed by atoms with Gasteiger partial charge in [-0.15, -0.1) is 0 Å². The average Bonchev–Trinajstić information content (AvgIpc) is 3.42. The summed E-state index contributed by atoms with van der Waals surface area (Å²) < 4.78 is 12.6. The second kappa shape index (κ2) is 15.4. The maximum Gasteiger partial charge on any atom is 0.309 e. The molecule has 57 heavy (non-hydrogen) atoms. The standard InChI is InChI=1S/C48H70ClNO7/c1-12-50(27-31-14-13-15-32(49)24-31)28-38(56-30(4)51)48-23-22-46(10)33(41(48)40(29(2)3)34(52)25-48)16-17-36-45(9)20-19-37(57-39(53)26-43(5,6)42(54)55)44(7,8)35(45)18-21-47(36,46)11/h13-15,24,29,33,35-38H,12,16-23,25-28H2,1-11H3,(H,54,55)/t33-,35+,36-,37+,38+,45+,46-,47-,48+/m1/s1. The monoisotopic (exact) mass is 807 g/mol. The third kappa shape index (κ3) is 7.33. The number of ketones is 1. The highest BCUT2D eigenvalue weighted by atomic mass is 35.5. The van der Waals surface area contributed by atoms with Crippen LogP contribution in [0.3, 0.4) is 0 Å². The van der Waals surface area contributed by atoms with E-state index in [0.717, 1.165) is 69.0 Å². The molecule has 0 amide bonds. The highest BCUT2D eigenvalue weighted by Crippen LogP contribution is 2.77. The van der Waals surface area contributed by atoms with Crippen LogP contribution in [-0.4, -0.2) is 59.0 Å². The molecule has 1 aromatic carbocycles. The number of aliphatic carboxylic acids is 1. The van der Waals surface area contributed by atoms with Crippen LogP contribution in [0.4, 0.5) is 0 Å². The van der Waals surface area contributed by atoms with E-state index in [0.29, 0.717) is 36.4 Å². The SMILES string of the molecule is CCN(Cc1cccc(Cl)c1)C[C@H](OC(C)=O)[C@@]12CC[C@]3(C)[C@H](CC[C@@H]4[C@@]5(C)CC[C@H](OC(=O)CC(C)(C)C(=O)O)C(C)(C)[C@@H]5CC[C@]43C)C1=C(C(C)C)C(=O)C2. The Morgan fingerprint density at radius 2 is 1.67 bits per heavy atom. The molecule has 8 nitrogen and oxygen atoms in total. The predicted molar refractivity (Wildman–Crippen MR) is 223 cm³/mol. The van der Waals surface area contributed by atoms with Crippen molar-refractivity contribution >= 4 is 35.3 Å². The third-order valence-electron chi connectivity index (χ3n) is 17.0. The lowest BCUT2D eigenvalue weighted by molar-refractivity contribution is -0.235. The van der Waals surface area contributed by atoms with Crippen LogP contribution in [0.5, 0.6) is 0 Å². The van der Waals surface area contributed by atoms with Gasteiger partial charge in [0, 0.05) is 42.3 Å². The molecule has 0 aliphatic heterocycles. The number of carbonyl (C=O) groups is 4. The van der Waals surface area contributed by atoms with Crippen molar-refractivity contribution in [1.29, 1.82) is 0 Å². The van der Waals surface area contributed by atoms with Gasteiger partial charge in [-0.25, -0.2) is 0 Å². The molecular formula is C48H70ClNO7. The van der Waals surface area contributed by atoms with Crippen LogP contribution in [0.2, 0.25) is 5.02 Å². The Bertz CT molecular complexity index is 1800. The van der Waals surface area contributed by atoms with E-state index >= 15 is 0 Å². The van der Waals surface area contributed by atoms with E-state index in [1.807, 2.05) is 18.2 Å². The van der Waals surface area contributed by atoms with Crippen LogP contribution in [-0.2, 0) is 35.2 Å². The summed E-state index contributed by atoms with van der Waals surface area (Å²) in [7, 11) is 0. The van der Waals surface area contributed by atoms with E-state index in [2.05, 4.69) is 66.4 Å². The lowest BCUT2D eigenvalue weighted by atomic mass is 9.33. The first kappa shape index (κ1) is 43.9. The van der Waals surface area contributed by atoms with E-state index < -0.39 is 28.9 Å². The Hall–Kier alpha value is -2.71. The molecule has 0 radical (unpaired) electrons. The number of ether oxygens (including phenoxy) is 2. The number of carboxylic acids is 1. The number of fused-ring (bicyclic) bond motifs is 7. The fourth-order valence-electron chi connectivity index (χ4n) is 13.9. The summed E-state index contributed by atoms with van der Waals surface area (Å²) in [5, 5.41) is 10.4. The van der Waals surface area contributed by atoms with Gasteiger partial charge in [0.15, 0.2) is 5.78 Å².